The lowest BCUT2D eigenvalue weighted by Crippen LogP contribution is -2.37. The zero-order chi connectivity index (χ0) is 11.8. The summed E-state index contributed by atoms with van der Waals surface area (Å²) >= 11 is 0. The highest BCUT2D eigenvalue weighted by molar-refractivity contribution is 5.77. The fourth-order valence-electron chi connectivity index (χ4n) is 1.92. The predicted molar refractivity (Wildman–Crippen MR) is 62.7 cm³/mol. The molecule has 3 N–H and O–H groups in total. The SMILES string of the molecule is C#CCNCC(=O)NCC1CCC(O)CC1. The maximum absolute atomic E-state index is 11.3. The summed E-state index contributed by atoms with van der Waals surface area (Å²) in [7, 11) is 0. The average Bonchev–Trinajstić information content (AvgIpc) is 2.29. The Labute approximate surface area is 96.8 Å². The van der Waals surface area contributed by atoms with Gasteiger partial charge in [-0.15, -0.1) is 6.42 Å². The highest BCUT2D eigenvalue weighted by Crippen LogP contribution is 2.23. The Morgan fingerprint density at radius 1 is 1.38 bits per heavy atom. The fraction of sp³-hybridized carbons (Fsp3) is 0.750. The molecule has 0 spiro atoms. The van der Waals surface area contributed by atoms with E-state index in [0.717, 1.165) is 25.7 Å². The molecule has 1 fully saturated rings. The maximum Gasteiger partial charge on any atom is 0.233 e. The first-order chi connectivity index (χ1) is 7.72. The summed E-state index contributed by atoms with van der Waals surface area (Å²) in [6, 6.07) is 0. The summed E-state index contributed by atoms with van der Waals surface area (Å²) in [5.74, 6) is 2.92. The number of hydrogen-bond donors (Lipinski definition) is 3. The molecule has 0 atom stereocenters. The molecular formula is C12H20N2O2. The Morgan fingerprint density at radius 2 is 2.06 bits per heavy atom. The standard InChI is InChI=1S/C12H20N2O2/c1-2-7-13-9-12(16)14-8-10-3-5-11(15)6-4-10/h1,10-11,13,15H,3-9H2,(H,14,16). The largest absolute Gasteiger partial charge is 0.393 e. The molecule has 1 saturated carbocycles. The van der Waals surface area contributed by atoms with Crippen molar-refractivity contribution in [2.24, 2.45) is 5.92 Å². The van der Waals surface area contributed by atoms with E-state index >= 15 is 0 Å². The molecule has 0 radical (unpaired) electrons. The van der Waals surface area contributed by atoms with Crippen molar-refractivity contribution < 1.29 is 9.90 Å². The average molecular weight is 224 g/mol. The van der Waals surface area contributed by atoms with Gasteiger partial charge in [-0.1, -0.05) is 5.92 Å². The van der Waals surface area contributed by atoms with E-state index in [9.17, 15) is 9.90 Å². The second kappa shape index (κ2) is 7.26. The molecule has 0 unspecified atom stereocenters. The maximum atomic E-state index is 11.3. The van der Waals surface area contributed by atoms with Gasteiger partial charge in [0.25, 0.3) is 0 Å². The van der Waals surface area contributed by atoms with Crippen molar-refractivity contribution in [3.8, 4) is 12.3 Å². The van der Waals surface area contributed by atoms with E-state index < -0.39 is 0 Å². The predicted octanol–water partition coefficient (Wildman–Crippen LogP) is -0.123. The van der Waals surface area contributed by atoms with Gasteiger partial charge in [-0.3, -0.25) is 10.1 Å². The number of aliphatic hydroxyl groups excluding tert-OH is 1. The minimum absolute atomic E-state index is 0.0126. The van der Waals surface area contributed by atoms with Crippen molar-refractivity contribution in [3.63, 3.8) is 0 Å². The van der Waals surface area contributed by atoms with Crippen molar-refractivity contribution in [3.05, 3.63) is 0 Å². The van der Waals surface area contributed by atoms with Crippen molar-refractivity contribution >= 4 is 5.91 Å². The van der Waals surface area contributed by atoms with Crippen LogP contribution in [0.5, 0.6) is 0 Å². The normalized spacial score (nSPS) is 24.8. The van der Waals surface area contributed by atoms with Crippen LogP contribution < -0.4 is 10.6 Å². The quantitative estimate of drug-likeness (QED) is 0.450. The lowest BCUT2D eigenvalue weighted by atomic mass is 9.87. The van der Waals surface area contributed by atoms with Gasteiger partial charge in [0.2, 0.25) is 5.91 Å². The Hall–Kier alpha value is -1.05. The highest BCUT2D eigenvalue weighted by atomic mass is 16.3. The first-order valence-corrected chi connectivity index (χ1v) is 5.81. The zero-order valence-electron chi connectivity index (χ0n) is 9.54. The molecule has 0 aromatic heterocycles. The summed E-state index contributed by atoms with van der Waals surface area (Å²) in [6.45, 7) is 1.41. The molecule has 0 aromatic rings. The Bertz CT molecular complexity index is 252. The molecule has 1 rings (SSSR count). The molecule has 1 aliphatic carbocycles. The van der Waals surface area contributed by atoms with E-state index in [1.54, 1.807) is 0 Å². The van der Waals surface area contributed by atoms with E-state index in [1.807, 2.05) is 0 Å². The van der Waals surface area contributed by atoms with Crippen LogP contribution in [0, 0.1) is 18.3 Å². The smallest absolute Gasteiger partial charge is 0.233 e. The van der Waals surface area contributed by atoms with Gasteiger partial charge in [-0.05, 0) is 31.6 Å². The molecule has 1 amide bonds. The summed E-state index contributed by atoms with van der Waals surface area (Å²) in [6.07, 6.45) is 8.63. The third kappa shape index (κ3) is 5.15. The first kappa shape index (κ1) is 13.0. The van der Waals surface area contributed by atoms with Crippen LogP contribution in [-0.2, 0) is 4.79 Å². The van der Waals surface area contributed by atoms with Gasteiger partial charge < -0.3 is 10.4 Å². The molecule has 4 nitrogen and oxygen atoms in total. The number of amides is 1. The molecule has 16 heavy (non-hydrogen) atoms. The molecule has 0 heterocycles. The molecule has 90 valence electrons. The van der Waals surface area contributed by atoms with E-state index in [-0.39, 0.29) is 18.6 Å². The zero-order valence-corrected chi connectivity index (χ0v) is 9.54. The first-order valence-electron chi connectivity index (χ1n) is 5.81. The van der Waals surface area contributed by atoms with Gasteiger partial charge in [-0.2, -0.15) is 0 Å². The monoisotopic (exact) mass is 224 g/mol. The number of carbonyl (C=O) groups excluding carboxylic acids is 1. The van der Waals surface area contributed by atoms with Crippen LogP contribution in [0.15, 0.2) is 0 Å². The van der Waals surface area contributed by atoms with Crippen LogP contribution in [0.2, 0.25) is 0 Å². The van der Waals surface area contributed by atoms with Crippen molar-refractivity contribution in [2.75, 3.05) is 19.6 Å². The molecule has 0 saturated heterocycles. The van der Waals surface area contributed by atoms with Crippen molar-refractivity contribution in [1.29, 1.82) is 0 Å². The number of terminal acetylenes is 1. The topological polar surface area (TPSA) is 61.4 Å². The second-order valence-electron chi connectivity index (χ2n) is 4.29. The molecule has 0 aliphatic heterocycles. The summed E-state index contributed by atoms with van der Waals surface area (Å²) < 4.78 is 0. The molecular weight excluding hydrogens is 204 g/mol. The lowest BCUT2D eigenvalue weighted by Gasteiger charge is -2.25. The number of carbonyl (C=O) groups is 1. The number of rotatable bonds is 5. The van der Waals surface area contributed by atoms with Crippen LogP contribution in [-0.4, -0.2) is 36.8 Å². The van der Waals surface area contributed by atoms with Crippen LogP contribution in [0.3, 0.4) is 0 Å². The molecule has 0 bridgehead atoms. The molecule has 0 aromatic carbocycles. The number of aliphatic hydroxyl groups is 1. The van der Waals surface area contributed by atoms with Crippen LogP contribution >= 0.6 is 0 Å². The van der Waals surface area contributed by atoms with Crippen LogP contribution in [0.4, 0.5) is 0 Å². The minimum atomic E-state index is -0.135. The second-order valence-corrected chi connectivity index (χ2v) is 4.29. The van der Waals surface area contributed by atoms with E-state index in [1.165, 1.54) is 0 Å². The molecule has 1 aliphatic rings. The van der Waals surface area contributed by atoms with Gasteiger partial charge in [0.1, 0.15) is 0 Å². The van der Waals surface area contributed by atoms with E-state index in [4.69, 9.17) is 6.42 Å². The summed E-state index contributed by atoms with van der Waals surface area (Å²) in [5.41, 5.74) is 0. The molecule has 4 heteroatoms. The van der Waals surface area contributed by atoms with Crippen molar-refractivity contribution in [2.45, 2.75) is 31.8 Å². The van der Waals surface area contributed by atoms with Gasteiger partial charge in [0.15, 0.2) is 0 Å². The van der Waals surface area contributed by atoms with Crippen LogP contribution in [0.1, 0.15) is 25.7 Å². The van der Waals surface area contributed by atoms with Crippen LogP contribution in [0.25, 0.3) is 0 Å². The fourth-order valence-corrected chi connectivity index (χ4v) is 1.92. The van der Waals surface area contributed by atoms with Gasteiger partial charge in [0.05, 0.1) is 19.2 Å². The van der Waals surface area contributed by atoms with Crippen molar-refractivity contribution in [1.82, 2.24) is 10.6 Å². The third-order valence-corrected chi connectivity index (χ3v) is 2.92. The van der Waals surface area contributed by atoms with E-state index in [2.05, 4.69) is 16.6 Å². The Balaban J connectivity index is 2.05. The van der Waals surface area contributed by atoms with Gasteiger partial charge >= 0.3 is 0 Å². The van der Waals surface area contributed by atoms with Gasteiger partial charge in [-0.25, -0.2) is 0 Å². The van der Waals surface area contributed by atoms with E-state index in [0.29, 0.717) is 19.0 Å². The lowest BCUT2D eigenvalue weighted by molar-refractivity contribution is -0.120. The number of nitrogens with one attached hydrogen (secondary N) is 2. The third-order valence-electron chi connectivity index (χ3n) is 2.92. The summed E-state index contributed by atoms with van der Waals surface area (Å²) in [4.78, 5) is 11.3. The highest BCUT2D eigenvalue weighted by Gasteiger charge is 2.19. The summed E-state index contributed by atoms with van der Waals surface area (Å²) in [5, 5.41) is 15.0. The van der Waals surface area contributed by atoms with Gasteiger partial charge in [0, 0.05) is 6.54 Å². The number of hydrogen-bond acceptors (Lipinski definition) is 3. The Morgan fingerprint density at radius 3 is 2.69 bits per heavy atom. The Kier molecular flexibility index (Phi) is 5.91. The minimum Gasteiger partial charge on any atom is -0.393 e.